The molecule has 2 rings (SSSR count). The summed E-state index contributed by atoms with van der Waals surface area (Å²) in [6.45, 7) is 0.566. The minimum Gasteiger partial charge on any atom is -0.398 e. The summed E-state index contributed by atoms with van der Waals surface area (Å²) < 4.78 is 26.3. The number of nitrogens with two attached hydrogens (primary N) is 1. The summed E-state index contributed by atoms with van der Waals surface area (Å²) in [5.41, 5.74) is 6.52. The van der Waals surface area contributed by atoms with Crippen LogP contribution in [0.5, 0.6) is 0 Å². The van der Waals surface area contributed by atoms with Crippen LogP contribution in [0.1, 0.15) is 25.7 Å². The number of para-hydroxylation sites is 1. The second-order valence-electron chi connectivity index (χ2n) is 5.19. The van der Waals surface area contributed by atoms with Gasteiger partial charge in [-0.2, -0.15) is 0 Å². The first-order valence-corrected chi connectivity index (χ1v) is 9.65. The third-order valence-corrected chi connectivity index (χ3v) is 6.07. The minimum absolute atomic E-state index is 0.134. The lowest BCUT2D eigenvalue weighted by Gasteiger charge is -2.07. The molecule has 6 heteroatoms. The number of hydrogen-bond donors (Lipinski definition) is 2. The van der Waals surface area contributed by atoms with Crippen LogP contribution in [0.15, 0.2) is 29.2 Å². The second kappa shape index (κ2) is 7.33. The van der Waals surface area contributed by atoms with Crippen LogP contribution in [-0.4, -0.2) is 26.5 Å². The number of hydrogen-bond acceptors (Lipinski definition) is 4. The molecule has 0 unspecified atom stereocenters. The van der Waals surface area contributed by atoms with Gasteiger partial charge in [0.1, 0.15) is 0 Å². The monoisotopic (exact) mass is 314 g/mol. The van der Waals surface area contributed by atoms with E-state index >= 15 is 0 Å². The van der Waals surface area contributed by atoms with Gasteiger partial charge in [-0.05, 0) is 30.9 Å². The van der Waals surface area contributed by atoms with Crippen LogP contribution in [0, 0.1) is 5.92 Å². The lowest BCUT2D eigenvalue weighted by Crippen LogP contribution is -2.28. The second-order valence-corrected chi connectivity index (χ2v) is 8.25. The van der Waals surface area contributed by atoms with Crippen LogP contribution >= 0.6 is 11.8 Å². The van der Waals surface area contributed by atoms with Crippen LogP contribution in [0.3, 0.4) is 0 Å². The summed E-state index contributed by atoms with van der Waals surface area (Å²) in [5.74, 6) is 1.51. The van der Waals surface area contributed by atoms with Crippen LogP contribution in [0.25, 0.3) is 0 Å². The van der Waals surface area contributed by atoms with Crippen LogP contribution in [-0.2, 0) is 10.0 Å². The number of nitrogens with one attached hydrogen (secondary N) is 1. The van der Waals surface area contributed by atoms with Crippen LogP contribution in [0.2, 0.25) is 0 Å². The number of benzene rings is 1. The first kappa shape index (κ1) is 15.7. The Hall–Kier alpha value is -0.720. The molecule has 0 bridgehead atoms. The van der Waals surface area contributed by atoms with Crippen molar-refractivity contribution < 1.29 is 8.42 Å². The zero-order chi connectivity index (χ0) is 14.4. The standard InChI is InChI=1S/C14H22N2O2S2/c15-13-5-1-2-6-14(13)19-10-11-20(17,18)16-9-3-4-12-7-8-12/h1-2,5-6,12,16H,3-4,7-11,15H2. The zero-order valence-corrected chi connectivity index (χ0v) is 13.2. The van der Waals surface area contributed by atoms with Gasteiger partial charge in [0.2, 0.25) is 10.0 Å². The van der Waals surface area contributed by atoms with Crippen molar-refractivity contribution in [3.05, 3.63) is 24.3 Å². The molecule has 0 radical (unpaired) electrons. The van der Waals surface area contributed by atoms with Gasteiger partial charge in [0, 0.05) is 22.9 Å². The Bertz CT molecular complexity index is 528. The van der Waals surface area contributed by atoms with Gasteiger partial charge >= 0.3 is 0 Å². The number of anilines is 1. The average Bonchev–Trinajstić information content (AvgIpc) is 3.21. The number of rotatable bonds is 9. The summed E-state index contributed by atoms with van der Waals surface area (Å²) in [6, 6.07) is 7.52. The number of sulfonamides is 1. The fourth-order valence-electron chi connectivity index (χ4n) is 1.97. The van der Waals surface area contributed by atoms with Gasteiger partial charge in [-0.3, -0.25) is 0 Å². The molecule has 4 nitrogen and oxygen atoms in total. The lowest BCUT2D eigenvalue weighted by atomic mass is 10.2. The highest BCUT2D eigenvalue weighted by molar-refractivity contribution is 8.00. The predicted octanol–water partition coefficient (Wildman–Crippen LogP) is 2.47. The van der Waals surface area contributed by atoms with E-state index in [1.165, 1.54) is 24.6 Å². The molecule has 0 aromatic heterocycles. The number of nitrogen functional groups attached to an aromatic ring is 1. The van der Waals surface area contributed by atoms with E-state index in [1.54, 1.807) is 0 Å². The fourth-order valence-corrected chi connectivity index (χ4v) is 4.41. The summed E-state index contributed by atoms with van der Waals surface area (Å²) in [7, 11) is -3.15. The summed E-state index contributed by atoms with van der Waals surface area (Å²) in [5, 5.41) is 0. The first-order chi connectivity index (χ1) is 9.57. The van der Waals surface area contributed by atoms with E-state index in [9.17, 15) is 8.42 Å². The third kappa shape index (κ3) is 5.73. The fraction of sp³-hybridized carbons (Fsp3) is 0.571. The lowest BCUT2D eigenvalue weighted by molar-refractivity contribution is 0.574. The Morgan fingerprint density at radius 1 is 1.30 bits per heavy atom. The highest BCUT2D eigenvalue weighted by Crippen LogP contribution is 2.33. The van der Waals surface area contributed by atoms with Gasteiger partial charge in [0.05, 0.1) is 5.75 Å². The smallest absolute Gasteiger partial charge is 0.212 e. The molecule has 0 aliphatic heterocycles. The Labute approximate surface area is 125 Å². The first-order valence-electron chi connectivity index (χ1n) is 7.01. The maximum atomic E-state index is 11.8. The van der Waals surface area contributed by atoms with E-state index < -0.39 is 10.0 Å². The third-order valence-electron chi connectivity index (χ3n) is 3.34. The largest absolute Gasteiger partial charge is 0.398 e. The summed E-state index contributed by atoms with van der Waals surface area (Å²) in [6.07, 6.45) is 4.74. The molecule has 1 aliphatic carbocycles. The molecule has 20 heavy (non-hydrogen) atoms. The van der Waals surface area contributed by atoms with E-state index in [0.29, 0.717) is 18.0 Å². The molecular formula is C14H22N2O2S2. The van der Waals surface area contributed by atoms with Gasteiger partial charge in [-0.1, -0.05) is 25.0 Å². The topological polar surface area (TPSA) is 72.2 Å². The molecule has 1 aliphatic rings. The molecule has 0 spiro atoms. The SMILES string of the molecule is Nc1ccccc1SCCS(=O)(=O)NCCCC1CC1. The highest BCUT2D eigenvalue weighted by atomic mass is 32.2. The molecule has 0 heterocycles. The molecule has 1 fully saturated rings. The Morgan fingerprint density at radius 3 is 2.75 bits per heavy atom. The molecule has 0 atom stereocenters. The van der Waals surface area contributed by atoms with E-state index in [0.717, 1.165) is 23.7 Å². The van der Waals surface area contributed by atoms with E-state index in [4.69, 9.17) is 5.73 Å². The van der Waals surface area contributed by atoms with Gasteiger partial charge in [0.25, 0.3) is 0 Å². The van der Waals surface area contributed by atoms with Crippen molar-refractivity contribution in [3.63, 3.8) is 0 Å². The Kier molecular flexibility index (Phi) is 5.74. The minimum atomic E-state index is -3.15. The van der Waals surface area contributed by atoms with Gasteiger partial charge in [-0.25, -0.2) is 13.1 Å². The zero-order valence-electron chi connectivity index (χ0n) is 11.5. The van der Waals surface area contributed by atoms with Gasteiger partial charge in [0.15, 0.2) is 0 Å². The molecule has 1 aromatic rings. The van der Waals surface area contributed by atoms with Crippen molar-refractivity contribution in [1.82, 2.24) is 4.72 Å². The van der Waals surface area contributed by atoms with E-state index in [2.05, 4.69) is 4.72 Å². The van der Waals surface area contributed by atoms with Gasteiger partial charge in [-0.15, -0.1) is 11.8 Å². The van der Waals surface area contributed by atoms with Crippen molar-refractivity contribution in [1.29, 1.82) is 0 Å². The van der Waals surface area contributed by atoms with Crippen molar-refractivity contribution in [2.75, 3.05) is 23.8 Å². The van der Waals surface area contributed by atoms with Crippen molar-refractivity contribution in [3.8, 4) is 0 Å². The van der Waals surface area contributed by atoms with Crippen molar-refractivity contribution in [2.45, 2.75) is 30.6 Å². The summed E-state index contributed by atoms with van der Waals surface area (Å²) >= 11 is 1.48. The van der Waals surface area contributed by atoms with Crippen LogP contribution in [0.4, 0.5) is 5.69 Å². The maximum Gasteiger partial charge on any atom is 0.212 e. The molecule has 112 valence electrons. The Balaban J connectivity index is 1.65. The molecule has 3 N–H and O–H groups in total. The van der Waals surface area contributed by atoms with Crippen molar-refractivity contribution in [2.24, 2.45) is 5.92 Å². The van der Waals surface area contributed by atoms with E-state index in [1.807, 2.05) is 24.3 Å². The normalized spacial score (nSPS) is 15.4. The van der Waals surface area contributed by atoms with E-state index in [-0.39, 0.29) is 5.75 Å². The quantitative estimate of drug-likeness (QED) is 0.417. The Morgan fingerprint density at radius 2 is 2.05 bits per heavy atom. The van der Waals surface area contributed by atoms with Gasteiger partial charge < -0.3 is 5.73 Å². The molecular weight excluding hydrogens is 292 g/mol. The van der Waals surface area contributed by atoms with Crippen molar-refractivity contribution >= 4 is 27.5 Å². The maximum absolute atomic E-state index is 11.8. The molecule has 1 saturated carbocycles. The summed E-state index contributed by atoms with van der Waals surface area (Å²) in [4.78, 5) is 0.941. The highest BCUT2D eigenvalue weighted by Gasteiger charge is 2.20. The van der Waals surface area contributed by atoms with Crippen LogP contribution < -0.4 is 10.5 Å². The molecule has 1 aromatic carbocycles. The average molecular weight is 314 g/mol. The predicted molar refractivity (Wildman–Crippen MR) is 85.3 cm³/mol. The number of thioether (sulfide) groups is 1. The molecule has 0 saturated heterocycles. The molecule has 0 amide bonds.